The Balaban J connectivity index is 1.07. The van der Waals surface area contributed by atoms with E-state index in [1.165, 1.54) is 21.3 Å². The molecule has 300 valence electrons. The number of amides is 4. The van der Waals surface area contributed by atoms with E-state index in [0.717, 1.165) is 75.7 Å². The van der Waals surface area contributed by atoms with Gasteiger partial charge in [0.2, 0.25) is 11.8 Å². The number of nitrogens with one attached hydrogen (secondary N) is 4. The number of carbonyl (C=O) groups excluding carboxylic acids is 4. The molecule has 5 unspecified atom stereocenters. The molecule has 15 nitrogen and oxygen atoms in total. The van der Waals surface area contributed by atoms with Crippen LogP contribution in [0.2, 0.25) is 0 Å². The SMILES string of the molecule is COC(=O)NC(C(=O)N1CCCC1c1nc2ccc(-c3ccc4cc(-c5cnc(C6CCCN6C(=O)C(NC(=O)OC)C(C)OC)[nH]5)ccc4c3)cc2[nH]1)C(C)C. The van der Waals surface area contributed by atoms with Crippen molar-refractivity contribution < 1.29 is 33.4 Å². The van der Waals surface area contributed by atoms with E-state index < -0.39 is 30.4 Å². The Labute approximate surface area is 330 Å². The van der Waals surface area contributed by atoms with Gasteiger partial charge in [0.05, 0.1) is 55.3 Å². The summed E-state index contributed by atoms with van der Waals surface area (Å²) in [6.07, 6.45) is 3.08. The average molecular weight is 779 g/mol. The normalized spacial score (nSPS) is 18.5. The third kappa shape index (κ3) is 8.01. The van der Waals surface area contributed by atoms with Gasteiger partial charge < -0.3 is 44.6 Å². The first-order chi connectivity index (χ1) is 27.5. The first-order valence-electron chi connectivity index (χ1n) is 19.4. The minimum absolute atomic E-state index is 0.112. The molecule has 0 radical (unpaired) electrons. The van der Waals surface area contributed by atoms with Crippen LogP contribution in [0.15, 0.2) is 60.8 Å². The second-order valence-electron chi connectivity index (χ2n) is 15.1. The Hall–Kier alpha value is -5.96. The first kappa shape index (κ1) is 39.3. The Bertz CT molecular complexity index is 2280. The Kier molecular flexibility index (Phi) is 11.5. The van der Waals surface area contributed by atoms with E-state index in [1.54, 1.807) is 18.0 Å². The van der Waals surface area contributed by atoms with E-state index in [2.05, 4.69) is 69.1 Å². The highest BCUT2D eigenvalue weighted by Gasteiger charge is 2.39. The van der Waals surface area contributed by atoms with Gasteiger partial charge in [-0.05, 0) is 84.7 Å². The highest BCUT2D eigenvalue weighted by molar-refractivity contribution is 5.92. The number of aromatic amines is 2. The van der Waals surface area contributed by atoms with Crippen LogP contribution in [0, 0.1) is 5.92 Å². The van der Waals surface area contributed by atoms with Crippen LogP contribution in [0.5, 0.6) is 0 Å². The zero-order valence-electron chi connectivity index (χ0n) is 33.1. The highest BCUT2D eigenvalue weighted by Crippen LogP contribution is 2.36. The van der Waals surface area contributed by atoms with Gasteiger partial charge in [-0.3, -0.25) is 9.59 Å². The molecule has 0 spiro atoms. The summed E-state index contributed by atoms with van der Waals surface area (Å²) in [7, 11) is 4.05. The summed E-state index contributed by atoms with van der Waals surface area (Å²) in [5.74, 6) is 0.916. The number of likely N-dealkylation sites (tertiary alicyclic amines) is 2. The van der Waals surface area contributed by atoms with Crippen LogP contribution in [0.1, 0.15) is 70.2 Å². The van der Waals surface area contributed by atoms with Gasteiger partial charge in [-0.1, -0.05) is 44.2 Å². The Morgan fingerprint density at radius 1 is 0.719 bits per heavy atom. The van der Waals surface area contributed by atoms with E-state index in [1.807, 2.05) is 24.8 Å². The number of carbonyl (C=O) groups is 4. The molecule has 4 N–H and O–H groups in total. The molecule has 4 heterocycles. The standard InChI is InChI=1S/C42H50N8O7/c1-23(2)35(47-41(53)56-5)39(51)50-18-8-10-34(50)38-44-30-16-15-28(21-31(30)45-38)26-11-12-27-20-29(14-13-25(27)19-26)32-22-43-37(46-32)33-9-7-17-49(33)40(52)36(24(3)55-4)48-42(54)57-6/h11-16,19-24,33-36H,7-10,17-18H2,1-6H3,(H,43,46)(H,44,45)(H,47,53)(H,48,54). The summed E-state index contributed by atoms with van der Waals surface area (Å²) in [6, 6.07) is 16.7. The fourth-order valence-corrected chi connectivity index (χ4v) is 8.00. The number of nitrogens with zero attached hydrogens (tertiary/aromatic N) is 4. The lowest BCUT2D eigenvalue weighted by atomic mass is 9.99. The van der Waals surface area contributed by atoms with E-state index in [-0.39, 0.29) is 29.8 Å². The number of benzene rings is 3. The molecule has 0 aliphatic carbocycles. The van der Waals surface area contributed by atoms with E-state index in [0.29, 0.717) is 18.9 Å². The molecule has 2 aliphatic rings. The second kappa shape index (κ2) is 16.6. The molecule has 2 aliphatic heterocycles. The van der Waals surface area contributed by atoms with E-state index in [9.17, 15) is 19.2 Å². The molecule has 7 rings (SSSR count). The van der Waals surface area contributed by atoms with Gasteiger partial charge in [0.15, 0.2) is 0 Å². The quantitative estimate of drug-likeness (QED) is 0.121. The van der Waals surface area contributed by atoms with Gasteiger partial charge >= 0.3 is 12.2 Å². The Morgan fingerprint density at radius 3 is 1.91 bits per heavy atom. The number of ether oxygens (including phenoxy) is 3. The minimum atomic E-state index is -0.899. The van der Waals surface area contributed by atoms with Crippen LogP contribution >= 0.6 is 0 Å². The predicted octanol–water partition coefficient (Wildman–Crippen LogP) is 6.24. The number of hydrogen-bond acceptors (Lipinski definition) is 9. The molecule has 3 aromatic carbocycles. The van der Waals surface area contributed by atoms with Gasteiger partial charge in [0.25, 0.3) is 0 Å². The maximum atomic E-state index is 13.7. The van der Waals surface area contributed by atoms with Crippen molar-refractivity contribution in [3.8, 4) is 22.4 Å². The number of alkyl carbamates (subject to hydrolysis) is 2. The van der Waals surface area contributed by atoms with Gasteiger partial charge in [0.1, 0.15) is 23.7 Å². The van der Waals surface area contributed by atoms with Gasteiger partial charge in [-0.2, -0.15) is 0 Å². The molecular weight excluding hydrogens is 729 g/mol. The van der Waals surface area contributed by atoms with Crippen molar-refractivity contribution >= 4 is 45.8 Å². The zero-order chi connectivity index (χ0) is 40.4. The summed E-state index contributed by atoms with van der Waals surface area (Å²) in [5, 5.41) is 7.47. The average Bonchev–Trinajstić information content (AvgIpc) is 4.06. The molecule has 2 saturated heterocycles. The van der Waals surface area contributed by atoms with Crippen LogP contribution in [0.3, 0.4) is 0 Å². The van der Waals surface area contributed by atoms with Crippen molar-refractivity contribution in [2.75, 3.05) is 34.4 Å². The van der Waals surface area contributed by atoms with Gasteiger partial charge in [-0.15, -0.1) is 0 Å². The molecule has 0 saturated carbocycles. The fraction of sp³-hybridized carbons (Fsp3) is 0.429. The summed E-state index contributed by atoms with van der Waals surface area (Å²) < 4.78 is 14.9. The monoisotopic (exact) mass is 778 g/mol. The van der Waals surface area contributed by atoms with E-state index in [4.69, 9.17) is 24.2 Å². The maximum absolute atomic E-state index is 13.7. The lowest BCUT2D eigenvalue weighted by Crippen LogP contribution is -2.54. The second-order valence-corrected chi connectivity index (χ2v) is 15.1. The van der Waals surface area contributed by atoms with Crippen molar-refractivity contribution in [3.63, 3.8) is 0 Å². The van der Waals surface area contributed by atoms with Crippen molar-refractivity contribution in [2.24, 2.45) is 5.92 Å². The number of hydrogen-bond donors (Lipinski definition) is 4. The van der Waals surface area contributed by atoms with Crippen molar-refractivity contribution in [3.05, 3.63) is 72.4 Å². The molecule has 57 heavy (non-hydrogen) atoms. The topological polar surface area (TPSA) is 184 Å². The van der Waals surface area contributed by atoms with Crippen LogP contribution in [0.25, 0.3) is 44.2 Å². The van der Waals surface area contributed by atoms with Gasteiger partial charge in [-0.25, -0.2) is 19.6 Å². The van der Waals surface area contributed by atoms with Crippen molar-refractivity contribution in [1.29, 1.82) is 0 Å². The van der Waals surface area contributed by atoms with Crippen LogP contribution in [-0.2, 0) is 23.8 Å². The van der Waals surface area contributed by atoms with Crippen LogP contribution < -0.4 is 10.6 Å². The van der Waals surface area contributed by atoms with Crippen LogP contribution in [0.4, 0.5) is 9.59 Å². The smallest absolute Gasteiger partial charge is 0.407 e. The predicted molar refractivity (Wildman–Crippen MR) is 214 cm³/mol. The maximum Gasteiger partial charge on any atom is 0.407 e. The largest absolute Gasteiger partial charge is 0.453 e. The summed E-state index contributed by atoms with van der Waals surface area (Å²) in [5.41, 5.74) is 5.59. The molecule has 0 bridgehead atoms. The summed E-state index contributed by atoms with van der Waals surface area (Å²) in [6.45, 7) is 6.67. The Morgan fingerprint density at radius 2 is 1.28 bits per heavy atom. The zero-order valence-corrected chi connectivity index (χ0v) is 33.1. The summed E-state index contributed by atoms with van der Waals surface area (Å²) in [4.78, 5) is 71.4. The van der Waals surface area contributed by atoms with Gasteiger partial charge in [0, 0.05) is 25.8 Å². The molecular formula is C42H50N8O7. The fourth-order valence-electron chi connectivity index (χ4n) is 8.00. The lowest BCUT2D eigenvalue weighted by molar-refractivity contribution is -0.137. The lowest BCUT2D eigenvalue weighted by Gasteiger charge is -2.30. The molecule has 5 atom stereocenters. The number of methoxy groups -OCH3 is 3. The molecule has 15 heteroatoms. The van der Waals surface area contributed by atoms with Crippen molar-refractivity contribution in [2.45, 2.75) is 76.7 Å². The van der Waals surface area contributed by atoms with Crippen LogP contribution in [-0.4, -0.2) is 106 Å². The molecule has 2 fully saturated rings. The highest BCUT2D eigenvalue weighted by atomic mass is 16.5. The molecule has 4 amide bonds. The number of H-pyrrole nitrogens is 2. The number of aromatic nitrogens is 4. The first-order valence-corrected chi connectivity index (χ1v) is 19.4. The molecule has 5 aromatic rings. The number of fused-ring (bicyclic) bond motifs is 2. The number of imidazole rings is 2. The third-order valence-corrected chi connectivity index (χ3v) is 11.2. The summed E-state index contributed by atoms with van der Waals surface area (Å²) >= 11 is 0. The minimum Gasteiger partial charge on any atom is -0.453 e. The molecule has 2 aromatic heterocycles. The van der Waals surface area contributed by atoms with E-state index >= 15 is 0 Å². The van der Waals surface area contributed by atoms with Crippen molar-refractivity contribution in [1.82, 2.24) is 40.4 Å². The number of rotatable bonds is 11. The third-order valence-electron chi connectivity index (χ3n) is 11.2.